The van der Waals surface area contributed by atoms with Gasteiger partial charge in [-0.1, -0.05) is 6.07 Å². The van der Waals surface area contributed by atoms with Crippen molar-refractivity contribution in [3.05, 3.63) is 41.7 Å². The lowest BCUT2D eigenvalue weighted by atomic mass is 10.2. The first-order valence-corrected chi connectivity index (χ1v) is 4.81. The molecule has 5 nitrogen and oxygen atoms in total. The van der Waals surface area contributed by atoms with Gasteiger partial charge in [-0.05, 0) is 12.1 Å². The Morgan fingerprint density at radius 1 is 1.28 bits per heavy atom. The van der Waals surface area contributed by atoms with Crippen molar-refractivity contribution >= 4 is 11.7 Å². The van der Waals surface area contributed by atoms with E-state index in [2.05, 4.69) is 9.97 Å². The fraction of sp³-hybridized carbons (Fsp3) is 0. The number of anilines is 1. The molecule has 1 heterocycles. The van der Waals surface area contributed by atoms with E-state index in [-0.39, 0.29) is 11.5 Å². The summed E-state index contributed by atoms with van der Waals surface area (Å²) in [6.45, 7) is 0. The minimum atomic E-state index is -1.40. The number of benzene rings is 1. The molecule has 0 aliphatic rings. The third-order valence-electron chi connectivity index (χ3n) is 2.21. The van der Waals surface area contributed by atoms with Gasteiger partial charge in [0.15, 0.2) is 11.5 Å². The molecular weight excluding hydrogens is 244 g/mol. The molecular formula is C11H7F2N3O2. The molecule has 0 aliphatic heterocycles. The van der Waals surface area contributed by atoms with E-state index in [4.69, 9.17) is 10.8 Å². The lowest BCUT2D eigenvalue weighted by molar-refractivity contribution is 0.0691. The quantitative estimate of drug-likeness (QED) is 0.847. The van der Waals surface area contributed by atoms with Crippen molar-refractivity contribution in [2.75, 3.05) is 5.73 Å². The highest BCUT2D eigenvalue weighted by atomic mass is 19.1. The lowest BCUT2D eigenvalue weighted by Crippen LogP contribution is -2.08. The standard InChI is InChI=1S/C11H7F2N3O2/c12-5-2-1-3-6(13)8(5)10-15-4-7(14)9(16-10)11(17)18/h1-4H,14H2,(H,17,18). The molecule has 2 rings (SSSR count). The van der Waals surface area contributed by atoms with Crippen molar-refractivity contribution in [1.82, 2.24) is 9.97 Å². The molecule has 0 atom stereocenters. The van der Waals surface area contributed by atoms with E-state index in [9.17, 15) is 13.6 Å². The van der Waals surface area contributed by atoms with E-state index in [1.54, 1.807) is 0 Å². The summed E-state index contributed by atoms with van der Waals surface area (Å²) in [5.74, 6) is -3.52. The van der Waals surface area contributed by atoms with Crippen LogP contribution in [-0.4, -0.2) is 21.0 Å². The Hall–Kier alpha value is -2.57. The summed E-state index contributed by atoms with van der Waals surface area (Å²) in [5.41, 5.74) is 4.19. The Morgan fingerprint density at radius 3 is 2.44 bits per heavy atom. The number of carbonyl (C=O) groups is 1. The number of carboxylic acid groups (broad SMARTS) is 1. The minimum absolute atomic E-state index is 0.178. The van der Waals surface area contributed by atoms with Crippen molar-refractivity contribution in [3.63, 3.8) is 0 Å². The zero-order chi connectivity index (χ0) is 13.3. The molecule has 0 amide bonds. The molecule has 1 aromatic carbocycles. The van der Waals surface area contributed by atoms with Crippen LogP contribution in [-0.2, 0) is 0 Å². The van der Waals surface area contributed by atoms with Gasteiger partial charge in [-0.15, -0.1) is 0 Å². The first-order chi connectivity index (χ1) is 8.50. The lowest BCUT2D eigenvalue weighted by Gasteiger charge is -2.05. The van der Waals surface area contributed by atoms with Crippen molar-refractivity contribution in [2.45, 2.75) is 0 Å². The first kappa shape index (κ1) is 11.9. The van der Waals surface area contributed by atoms with Crippen LogP contribution in [0.5, 0.6) is 0 Å². The molecule has 1 aromatic heterocycles. The minimum Gasteiger partial charge on any atom is -0.476 e. The molecule has 18 heavy (non-hydrogen) atoms. The summed E-state index contributed by atoms with van der Waals surface area (Å²) in [4.78, 5) is 18.0. The zero-order valence-corrected chi connectivity index (χ0v) is 8.89. The molecule has 0 bridgehead atoms. The third kappa shape index (κ3) is 1.97. The number of nitrogen functional groups attached to an aromatic ring is 1. The number of aromatic carboxylic acids is 1. The van der Waals surface area contributed by atoms with Crippen LogP contribution in [0.4, 0.5) is 14.5 Å². The van der Waals surface area contributed by atoms with Crippen molar-refractivity contribution in [1.29, 1.82) is 0 Å². The number of nitrogens with zero attached hydrogens (tertiary/aromatic N) is 2. The Kier molecular flexibility index (Phi) is 2.88. The Bertz CT molecular complexity index is 611. The number of carboxylic acids is 1. The third-order valence-corrected chi connectivity index (χ3v) is 2.21. The highest BCUT2D eigenvalue weighted by Crippen LogP contribution is 2.23. The monoisotopic (exact) mass is 251 g/mol. The molecule has 0 unspecified atom stereocenters. The number of nitrogens with two attached hydrogens (primary N) is 1. The van der Waals surface area contributed by atoms with Gasteiger partial charge < -0.3 is 10.8 Å². The summed E-state index contributed by atoms with van der Waals surface area (Å²) in [7, 11) is 0. The predicted molar refractivity (Wildman–Crippen MR) is 58.8 cm³/mol. The molecule has 0 saturated carbocycles. The van der Waals surface area contributed by atoms with E-state index in [1.165, 1.54) is 6.07 Å². The molecule has 3 N–H and O–H groups in total. The maximum Gasteiger partial charge on any atom is 0.356 e. The Balaban J connectivity index is 2.65. The highest BCUT2D eigenvalue weighted by molar-refractivity contribution is 5.91. The highest BCUT2D eigenvalue weighted by Gasteiger charge is 2.17. The van der Waals surface area contributed by atoms with Gasteiger partial charge in [-0.3, -0.25) is 0 Å². The van der Waals surface area contributed by atoms with E-state index in [0.29, 0.717) is 0 Å². The summed E-state index contributed by atoms with van der Waals surface area (Å²) in [5, 5.41) is 8.82. The molecule has 0 spiro atoms. The van der Waals surface area contributed by atoms with Gasteiger partial charge >= 0.3 is 5.97 Å². The maximum atomic E-state index is 13.5. The van der Waals surface area contributed by atoms with Gasteiger partial charge in [-0.2, -0.15) is 0 Å². The maximum absolute atomic E-state index is 13.5. The van der Waals surface area contributed by atoms with Crippen molar-refractivity contribution in [3.8, 4) is 11.4 Å². The molecule has 2 aromatic rings. The Morgan fingerprint density at radius 2 is 1.89 bits per heavy atom. The topological polar surface area (TPSA) is 89.1 Å². The van der Waals surface area contributed by atoms with Crippen LogP contribution in [0.2, 0.25) is 0 Å². The first-order valence-electron chi connectivity index (χ1n) is 4.81. The van der Waals surface area contributed by atoms with Crippen molar-refractivity contribution in [2.24, 2.45) is 0 Å². The van der Waals surface area contributed by atoms with Crippen LogP contribution in [0.1, 0.15) is 10.5 Å². The van der Waals surface area contributed by atoms with Crippen molar-refractivity contribution < 1.29 is 18.7 Å². The summed E-state index contributed by atoms with van der Waals surface area (Å²) >= 11 is 0. The van der Waals surface area contributed by atoms with Gasteiger partial charge in [0.1, 0.15) is 11.6 Å². The SMILES string of the molecule is Nc1cnc(-c2c(F)cccc2F)nc1C(=O)O. The normalized spacial score (nSPS) is 10.3. The second kappa shape index (κ2) is 4.36. The van der Waals surface area contributed by atoms with Gasteiger partial charge in [0.2, 0.25) is 0 Å². The second-order valence-electron chi connectivity index (χ2n) is 3.40. The van der Waals surface area contributed by atoms with Gasteiger partial charge in [0, 0.05) is 0 Å². The average molecular weight is 251 g/mol. The van der Waals surface area contributed by atoms with Crippen LogP contribution in [0.15, 0.2) is 24.4 Å². The van der Waals surface area contributed by atoms with Crippen LogP contribution in [0.3, 0.4) is 0 Å². The van der Waals surface area contributed by atoms with Gasteiger partial charge in [0.25, 0.3) is 0 Å². The molecule has 0 aliphatic carbocycles. The summed E-state index contributed by atoms with van der Waals surface area (Å²) in [6.07, 6.45) is 0.998. The molecule has 0 radical (unpaired) electrons. The van der Waals surface area contributed by atoms with E-state index < -0.39 is 28.9 Å². The summed E-state index contributed by atoms with van der Waals surface area (Å²) in [6, 6.07) is 3.24. The van der Waals surface area contributed by atoms with Gasteiger partial charge in [-0.25, -0.2) is 23.5 Å². The van der Waals surface area contributed by atoms with Crippen LogP contribution >= 0.6 is 0 Å². The van der Waals surface area contributed by atoms with E-state index >= 15 is 0 Å². The van der Waals surface area contributed by atoms with Gasteiger partial charge in [0.05, 0.1) is 17.4 Å². The van der Waals surface area contributed by atoms with Crippen LogP contribution < -0.4 is 5.73 Å². The fourth-order valence-corrected chi connectivity index (χ4v) is 1.39. The average Bonchev–Trinajstić information content (AvgIpc) is 2.30. The van der Waals surface area contributed by atoms with E-state index in [1.807, 2.05) is 0 Å². The fourth-order valence-electron chi connectivity index (χ4n) is 1.39. The summed E-state index contributed by atoms with van der Waals surface area (Å²) < 4.78 is 26.9. The Labute approximate surface area is 99.9 Å². The zero-order valence-electron chi connectivity index (χ0n) is 8.89. The molecule has 7 heteroatoms. The molecule has 92 valence electrons. The smallest absolute Gasteiger partial charge is 0.356 e. The molecule has 0 fully saturated rings. The number of aromatic nitrogens is 2. The number of hydrogen-bond acceptors (Lipinski definition) is 4. The molecule has 0 saturated heterocycles. The number of rotatable bonds is 2. The van der Waals surface area contributed by atoms with Crippen LogP contribution in [0.25, 0.3) is 11.4 Å². The number of hydrogen-bond donors (Lipinski definition) is 2. The second-order valence-corrected chi connectivity index (χ2v) is 3.40. The van der Waals surface area contributed by atoms with Crippen LogP contribution in [0, 0.1) is 11.6 Å². The van der Waals surface area contributed by atoms with E-state index in [0.717, 1.165) is 18.3 Å². The largest absolute Gasteiger partial charge is 0.476 e. The number of halogens is 2. The predicted octanol–water partition coefficient (Wildman–Crippen LogP) is 1.70.